The summed E-state index contributed by atoms with van der Waals surface area (Å²) in [5, 5.41) is 15.3. The number of nitro groups is 1. The van der Waals surface area contributed by atoms with E-state index in [1.165, 1.54) is 22.3 Å². The van der Waals surface area contributed by atoms with E-state index in [1.54, 1.807) is 18.5 Å². The van der Waals surface area contributed by atoms with Crippen molar-refractivity contribution in [3.8, 4) is 0 Å². The van der Waals surface area contributed by atoms with Crippen LogP contribution in [0.2, 0.25) is 0 Å². The molecule has 106 valence electrons. The van der Waals surface area contributed by atoms with E-state index in [-0.39, 0.29) is 10.6 Å². The van der Waals surface area contributed by atoms with Gasteiger partial charge in [0.2, 0.25) is 0 Å². The molecule has 2 aromatic rings. The van der Waals surface area contributed by atoms with Crippen molar-refractivity contribution in [3.63, 3.8) is 0 Å². The average Bonchev–Trinajstić information content (AvgIpc) is 2.58. The molecule has 2 rings (SSSR count). The van der Waals surface area contributed by atoms with Crippen LogP contribution >= 0.6 is 0 Å². The Kier molecular flexibility index (Phi) is 3.61. The molecule has 0 saturated heterocycles. The normalized spacial score (nSPS) is 10.8. The average molecular weight is 273 g/mol. The van der Waals surface area contributed by atoms with Crippen LogP contribution in [0.25, 0.3) is 0 Å². The predicted molar refractivity (Wildman–Crippen MR) is 78.1 cm³/mol. The molecule has 0 spiro atoms. The first-order valence-corrected chi connectivity index (χ1v) is 6.56. The Bertz CT molecular complexity index is 664. The molecule has 5 heteroatoms. The van der Waals surface area contributed by atoms with Crippen LogP contribution in [-0.4, -0.2) is 14.7 Å². The van der Waals surface area contributed by atoms with Gasteiger partial charge < -0.3 is 0 Å². The Morgan fingerprint density at radius 1 is 1.15 bits per heavy atom. The Morgan fingerprint density at radius 2 is 1.70 bits per heavy atom. The zero-order chi connectivity index (χ0) is 15.0. The lowest BCUT2D eigenvalue weighted by molar-refractivity contribution is -0.386. The van der Waals surface area contributed by atoms with Crippen molar-refractivity contribution in [1.29, 1.82) is 0 Å². The summed E-state index contributed by atoms with van der Waals surface area (Å²) < 4.78 is 1.72. The van der Waals surface area contributed by atoms with Crippen molar-refractivity contribution < 1.29 is 4.92 Å². The van der Waals surface area contributed by atoms with Gasteiger partial charge in [0.1, 0.15) is 11.4 Å². The van der Waals surface area contributed by atoms with Crippen LogP contribution in [-0.2, 0) is 6.54 Å². The molecule has 0 aliphatic heterocycles. The van der Waals surface area contributed by atoms with E-state index in [4.69, 9.17) is 0 Å². The number of benzene rings is 1. The molecule has 0 amide bonds. The van der Waals surface area contributed by atoms with Gasteiger partial charge in [0.15, 0.2) is 0 Å². The Hall–Kier alpha value is -2.17. The van der Waals surface area contributed by atoms with Gasteiger partial charge in [0.25, 0.3) is 0 Å². The predicted octanol–water partition coefficient (Wildman–Crippen LogP) is 3.38. The number of rotatable bonds is 3. The van der Waals surface area contributed by atoms with Crippen molar-refractivity contribution in [1.82, 2.24) is 9.78 Å². The molecule has 0 aliphatic carbocycles. The van der Waals surface area contributed by atoms with Gasteiger partial charge in [-0.3, -0.25) is 14.8 Å². The molecular weight excluding hydrogens is 254 g/mol. The Balaban J connectivity index is 2.46. The fraction of sp³-hybridized carbons (Fsp3) is 0.400. The SMILES string of the molecule is Cc1cc(C)c(Cn2nc(C)c([N+](=O)[O-])c2C)c(C)c1. The largest absolute Gasteiger partial charge is 0.312 e. The summed E-state index contributed by atoms with van der Waals surface area (Å²) in [4.78, 5) is 10.7. The van der Waals surface area contributed by atoms with Gasteiger partial charge in [-0.15, -0.1) is 0 Å². The molecule has 0 saturated carbocycles. The van der Waals surface area contributed by atoms with Crippen LogP contribution in [0.3, 0.4) is 0 Å². The molecule has 5 nitrogen and oxygen atoms in total. The van der Waals surface area contributed by atoms with Gasteiger partial charge in [-0.1, -0.05) is 17.7 Å². The van der Waals surface area contributed by atoms with Crippen LogP contribution in [0.15, 0.2) is 12.1 Å². The van der Waals surface area contributed by atoms with Crippen LogP contribution in [0, 0.1) is 44.7 Å². The van der Waals surface area contributed by atoms with E-state index < -0.39 is 0 Å². The van der Waals surface area contributed by atoms with Crippen molar-refractivity contribution in [2.45, 2.75) is 41.2 Å². The highest BCUT2D eigenvalue weighted by molar-refractivity contribution is 5.42. The van der Waals surface area contributed by atoms with Gasteiger partial charge in [-0.05, 0) is 51.3 Å². The lowest BCUT2D eigenvalue weighted by atomic mass is 10.00. The standard InChI is InChI=1S/C15H19N3O2/c1-9-6-10(2)14(11(3)7-9)8-17-13(5)15(18(19)20)12(4)16-17/h6-7H,8H2,1-5H3. The van der Waals surface area contributed by atoms with Gasteiger partial charge in [0.05, 0.1) is 11.5 Å². The summed E-state index contributed by atoms with van der Waals surface area (Å²) in [6.07, 6.45) is 0. The molecule has 0 atom stereocenters. The molecule has 1 aromatic heterocycles. The summed E-state index contributed by atoms with van der Waals surface area (Å²) in [7, 11) is 0. The molecule has 1 heterocycles. The van der Waals surface area contributed by atoms with Crippen LogP contribution in [0.5, 0.6) is 0 Å². The first-order chi connectivity index (χ1) is 9.31. The second-order valence-electron chi connectivity index (χ2n) is 5.31. The summed E-state index contributed by atoms with van der Waals surface area (Å²) in [6, 6.07) is 4.25. The highest BCUT2D eigenvalue weighted by atomic mass is 16.6. The number of aromatic nitrogens is 2. The second kappa shape index (κ2) is 5.07. The van der Waals surface area contributed by atoms with E-state index in [1.807, 2.05) is 0 Å². The third-order valence-corrected chi connectivity index (χ3v) is 3.67. The minimum absolute atomic E-state index is 0.118. The monoisotopic (exact) mass is 273 g/mol. The van der Waals surface area contributed by atoms with Gasteiger partial charge in [0, 0.05) is 0 Å². The fourth-order valence-electron chi connectivity index (χ4n) is 2.71. The van der Waals surface area contributed by atoms with Gasteiger partial charge >= 0.3 is 5.69 Å². The maximum absolute atomic E-state index is 11.0. The maximum atomic E-state index is 11.0. The molecule has 0 aliphatic rings. The first-order valence-electron chi connectivity index (χ1n) is 6.56. The molecule has 1 aromatic carbocycles. The van der Waals surface area contributed by atoms with E-state index >= 15 is 0 Å². The third-order valence-electron chi connectivity index (χ3n) is 3.67. The fourth-order valence-corrected chi connectivity index (χ4v) is 2.71. The smallest absolute Gasteiger partial charge is 0.258 e. The molecular formula is C15H19N3O2. The van der Waals surface area contributed by atoms with E-state index in [0.29, 0.717) is 17.9 Å². The Labute approximate surface area is 118 Å². The van der Waals surface area contributed by atoms with E-state index in [9.17, 15) is 10.1 Å². The number of nitrogens with zero attached hydrogens (tertiary/aromatic N) is 3. The highest BCUT2D eigenvalue weighted by Gasteiger charge is 2.22. The van der Waals surface area contributed by atoms with Gasteiger partial charge in [-0.25, -0.2) is 0 Å². The molecule has 0 fully saturated rings. The zero-order valence-corrected chi connectivity index (χ0v) is 12.5. The quantitative estimate of drug-likeness (QED) is 0.636. The van der Waals surface area contributed by atoms with Crippen molar-refractivity contribution in [2.24, 2.45) is 0 Å². The molecule has 0 N–H and O–H groups in total. The first kappa shape index (κ1) is 14.2. The maximum Gasteiger partial charge on any atom is 0.312 e. The lowest BCUT2D eigenvalue weighted by Gasteiger charge is -2.12. The molecule has 0 bridgehead atoms. The molecule has 20 heavy (non-hydrogen) atoms. The molecule has 0 unspecified atom stereocenters. The molecule has 0 radical (unpaired) electrons. The number of hydrogen-bond acceptors (Lipinski definition) is 3. The van der Waals surface area contributed by atoms with Gasteiger partial charge in [-0.2, -0.15) is 5.10 Å². The minimum Gasteiger partial charge on any atom is -0.258 e. The summed E-state index contributed by atoms with van der Waals surface area (Å²) >= 11 is 0. The number of aryl methyl sites for hydroxylation is 4. The Morgan fingerprint density at radius 3 is 2.15 bits per heavy atom. The summed E-state index contributed by atoms with van der Waals surface area (Å²) in [5.74, 6) is 0. The van der Waals surface area contributed by atoms with E-state index in [0.717, 1.165) is 0 Å². The summed E-state index contributed by atoms with van der Waals surface area (Å²) in [6.45, 7) is 10.2. The van der Waals surface area contributed by atoms with Crippen molar-refractivity contribution in [3.05, 3.63) is 55.9 Å². The second-order valence-corrected chi connectivity index (χ2v) is 5.31. The topological polar surface area (TPSA) is 61.0 Å². The highest BCUT2D eigenvalue weighted by Crippen LogP contribution is 2.24. The number of hydrogen-bond donors (Lipinski definition) is 0. The van der Waals surface area contributed by atoms with Crippen LogP contribution in [0.1, 0.15) is 33.6 Å². The van der Waals surface area contributed by atoms with E-state index in [2.05, 4.69) is 38.0 Å². The third kappa shape index (κ3) is 2.43. The zero-order valence-electron chi connectivity index (χ0n) is 12.5. The summed E-state index contributed by atoms with van der Waals surface area (Å²) in [5.41, 5.74) is 5.98. The van der Waals surface area contributed by atoms with Crippen LogP contribution in [0.4, 0.5) is 5.69 Å². The lowest BCUT2D eigenvalue weighted by Crippen LogP contribution is -2.07. The van der Waals surface area contributed by atoms with Crippen LogP contribution < -0.4 is 0 Å². The van der Waals surface area contributed by atoms with Crippen molar-refractivity contribution >= 4 is 5.69 Å². The van der Waals surface area contributed by atoms with Crippen molar-refractivity contribution in [2.75, 3.05) is 0 Å². The minimum atomic E-state index is -0.358.